The van der Waals surface area contributed by atoms with Crippen molar-refractivity contribution in [1.29, 1.82) is 0 Å². The van der Waals surface area contributed by atoms with Crippen molar-refractivity contribution in [1.82, 2.24) is 20.7 Å². The van der Waals surface area contributed by atoms with Gasteiger partial charge in [-0.05, 0) is 46.8 Å². The number of carbonyl (C=O) groups is 1. The fraction of sp³-hybridized carbons (Fsp3) is 0.556. The van der Waals surface area contributed by atoms with Crippen LogP contribution in [0.1, 0.15) is 33.3 Å². The summed E-state index contributed by atoms with van der Waals surface area (Å²) in [6.45, 7) is 10.6. The van der Waals surface area contributed by atoms with Gasteiger partial charge < -0.3 is 16.0 Å². The van der Waals surface area contributed by atoms with Crippen LogP contribution in [0.25, 0.3) is 0 Å². The molecule has 4 N–H and O–H groups in total. The predicted octanol–water partition coefficient (Wildman–Crippen LogP) is 0.743. The van der Waals surface area contributed by atoms with E-state index in [1.165, 1.54) is 0 Å². The summed E-state index contributed by atoms with van der Waals surface area (Å²) >= 11 is 0. The summed E-state index contributed by atoms with van der Waals surface area (Å²) in [4.78, 5) is 16.3. The Labute approximate surface area is 162 Å². The number of guanidine groups is 1. The van der Waals surface area contributed by atoms with Crippen molar-refractivity contribution in [3.05, 3.63) is 29.8 Å². The van der Waals surface area contributed by atoms with E-state index < -0.39 is 10.0 Å². The molecule has 1 rings (SSSR count). The molecule has 0 radical (unpaired) electrons. The lowest BCUT2D eigenvalue weighted by Crippen LogP contribution is -2.44. The molecule has 0 fully saturated rings. The van der Waals surface area contributed by atoms with Gasteiger partial charge in [-0.2, -0.15) is 0 Å². The molecule has 0 aromatic heterocycles. The second-order valence-corrected chi connectivity index (χ2v) is 8.90. The fourth-order valence-corrected chi connectivity index (χ4v) is 3.15. The van der Waals surface area contributed by atoms with E-state index in [2.05, 4.69) is 25.7 Å². The Balaban J connectivity index is 2.51. The lowest BCUT2D eigenvalue weighted by Gasteiger charge is -2.20. The minimum Gasteiger partial charge on any atom is -0.357 e. The molecule has 0 bridgehead atoms. The highest BCUT2D eigenvalue weighted by Crippen LogP contribution is 2.09. The molecular formula is C18H31N5O3S. The van der Waals surface area contributed by atoms with Gasteiger partial charge in [-0.1, -0.05) is 17.7 Å². The number of hydrogen-bond donors (Lipinski definition) is 4. The highest BCUT2D eigenvalue weighted by molar-refractivity contribution is 7.89. The lowest BCUT2D eigenvalue weighted by molar-refractivity contribution is -0.121. The van der Waals surface area contributed by atoms with Gasteiger partial charge in [-0.3, -0.25) is 4.79 Å². The molecule has 27 heavy (non-hydrogen) atoms. The monoisotopic (exact) mass is 397 g/mol. The first-order valence-electron chi connectivity index (χ1n) is 8.93. The van der Waals surface area contributed by atoms with Gasteiger partial charge in [-0.15, -0.1) is 0 Å². The van der Waals surface area contributed by atoms with Gasteiger partial charge in [0.15, 0.2) is 5.96 Å². The van der Waals surface area contributed by atoms with Crippen LogP contribution in [0.4, 0.5) is 0 Å². The van der Waals surface area contributed by atoms with Crippen molar-refractivity contribution in [2.45, 2.75) is 45.1 Å². The van der Waals surface area contributed by atoms with E-state index in [0.717, 1.165) is 5.56 Å². The van der Waals surface area contributed by atoms with Crippen LogP contribution in [0.15, 0.2) is 34.2 Å². The van der Waals surface area contributed by atoms with Gasteiger partial charge in [0.25, 0.3) is 0 Å². The Hall–Kier alpha value is -2.13. The van der Waals surface area contributed by atoms with Crippen molar-refractivity contribution in [2.24, 2.45) is 4.99 Å². The maximum atomic E-state index is 12.2. The minimum absolute atomic E-state index is 0.0122. The first kappa shape index (κ1) is 22.9. The molecule has 1 aromatic carbocycles. The van der Waals surface area contributed by atoms with Crippen LogP contribution >= 0.6 is 0 Å². The van der Waals surface area contributed by atoms with Gasteiger partial charge in [0.05, 0.1) is 4.90 Å². The number of amides is 1. The summed E-state index contributed by atoms with van der Waals surface area (Å²) < 4.78 is 27.0. The Morgan fingerprint density at radius 1 is 1.07 bits per heavy atom. The van der Waals surface area contributed by atoms with Crippen molar-refractivity contribution < 1.29 is 13.2 Å². The largest absolute Gasteiger partial charge is 0.357 e. The summed E-state index contributed by atoms with van der Waals surface area (Å²) in [6.07, 6.45) is 0. The molecule has 8 nitrogen and oxygen atoms in total. The smallest absolute Gasteiger partial charge is 0.242 e. The first-order valence-corrected chi connectivity index (χ1v) is 10.4. The number of rotatable bonds is 8. The zero-order valence-corrected chi connectivity index (χ0v) is 17.5. The normalized spacial score (nSPS) is 12.6. The van der Waals surface area contributed by atoms with Crippen molar-refractivity contribution >= 4 is 21.9 Å². The van der Waals surface area contributed by atoms with Crippen LogP contribution in [-0.2, 0) is 14.8 Å². The van der Waals surface area contributed by atoms with Gasteiger partial charge in [0.1, 0.15) is 6.54 Å². The summed E-state index contributed by atoms with van der Waals surface area (Å²) in [7, 11) is -3.55. The fourth-order valence-electron chi connectivity index (χ4n) is 2.12. The Morgan fingerprint density at radius 2 is 1.70 bits per heavy atom. The molecule has 9 heteroatoms. The average Bonchev–Trinajstić information content (AvgIpc) is 2.55. The maximum absolute atomic E-state index is 12.2. The molecule has 152 valence electrons. The third kappa shape index (κ3) is 9.39. The molecule has 1 amide bonds. The van der Waals surface area contributed by atoms with Crippen LogP contribution in [0, 0.1) is 6.92 Å². The number of sulfonamides is 1. The highest BCUT2D eigenvalue weighted by Gasteiger charge is 2.14. The zero-order chi connectivity index (χ0) is 20.5. The third-order valence-electron chi connectivity index (χ3n) is 3.28. The van der Waals surface area contributed by atoms with Gasteiger partial charge >= 0.3 is 0 Å². The predicted molar refractivity (Wildman–Crippen MR) is 108 cm³/mol. The minimum atomic E-state index is -3.55. The van der Waals surface area contributed by atoms with Crippen LogP contribution in [0.3, 0.4) is 0 Å². The van der Waals surface area contributed by atoms with E-state index in [1.54, 1.807) is 24.3 Å². The molecule has 0 aliphatic carbocycles. The number of nitrogens with zero attached hydrogens (tertiary/aromatic N) is 1. The van der Waals surface area contributed by atoms with E-state index in [0.29, 0.717) is 19.0 Å². The molecule has 0 spiro atoms. The number of carbonyl (C=O) groups excluding carboxylic acids is 1. The SMILES string of the molecule is CCNC(=NCC(=O)NC(C)(C)C)NCCNS(=O)(=O)c1ccc(C)cc1. The van der Waals surface area contributed by atoms with Crippen LogP contribution in [0.5, 0.6) is 0 Å². The summed E-state index contributed by atoms with van der Waals surface area (Å²) in [5, 5.41) is 8.85. The highest BCUT2D eigenvalue weighted by atomic mass is 32.2. The van der Waals surface area contributed by atoms with E-state index in [9.17, 15) is 13.2 Å². The zero-order valence-electron chi connectivity index (χ0n) is 16.7. The molecule has 0 aliphatic rings. The quantitative estimate of drug-likeness (QED) is 0.294. The van der Waals surface area contributed by atoms with Crippen molar-refractivity contribution in [2.75, 3.05) is 26.2 Å². The molecule has 0 unspecified atom stereocenters. The third-order valence-corrected chi connectivity index (χ3v) is 4.76. The van der Waals surface area contributed by atoms with E-state index in [1.807, 2.05) is 34.6 Å². The molecule has 0 heterocycles. The van der Waals surface area contributed by atoms with Gasteiger partial charge in [-0.25, -0.2) is 18.1 Å². The number of aliphatic imine (C=N–C) groups is 1. The molecule has 0 atom stereocenters. The number of nitrogens with one attached hydrogen (secondary N) is 4. The Bertz CT molecular complexity index is 737. The van der Waals surface area contributed by atoms with E-state index in [4.69, 9.17) is 0 Å². The maximum Gasteiger partial charge on any atom is 0.242 e. The molecular weight excluding hydrogens is 366 g/mol. The Kier molecular flexibility index (Phi) is 8.71. The van der Waals surface area contributed by atoms with Gasteiger partial charge in [0.2, 0.25) is 15.9 Å². The van der Waals surface area contributed by atoms with E-state index >= 15 is 0 Å². The van der Waals surface area contributed by atoms with Crippen LogP contribution in [-0.4, -0.2) is 52.0 Å². The summed E-state index contributed by atoms with van der Waals surface area (Å²) in [5.41, 5.74) is 0.685. The van der Waals surface area contributed by atoms with Crippen molar-refractivity contribution in [3.63, 3.8) is 0 Å². The molecule has 0 saturated heterocycles. The van der Waals surface area contributed by atoms with Crippen molar-refractivity contribution in [3.8, 4) is 0 Å². The lowest BCUT2D eigenvalue weighted by atomic mass is 10.1. The standard InChI is InChI=1S/C18H31N5O3S/c1-6-19-17(21-13-16(24)23-18(3,4)5)20-11-12-22-27(25,26)15-9-7-14(2)8-10-15/h7-10,22H,6,11-13H2,1-5H3,(H,23,24)(H2,19,20,21). The summed E-state index contributed by atoms with van der Waals surface area (Å²) in [5.74, 6) is 0.274. The molecule has 0 aliphatic heterocycles. The average molecular weight is 398 g/mol. The van der Waals surface area contributed by atoms with E-state index in [-0.39, 0.29) is 29.4 Å². The molecule has 1 aromatic rings. The van der Waals surface area contributed by atoms with Gasteiger partial charge in [0, 0.05) is 25.2 Å². The number of hydrogen-bond acceptors (Lipinski definition) is 4. The van der Waals surface area contributed by atoms with Crippen LogP contribution < -0.4 is 20.7 Å². The number of aryl methyl sites for hydroxylation is 1. The second-order valence-electron chi connectivity index (χ2n) is 7.13. The molecule has 0 saturated carbocycles. The van der Waals surface area contributed by atoms with Crippen LogP contribution in [0.2, 0.25) is 0 Å². The topological polar surface area (TPSA) is 112 Å². The number of benzene rings is 1. The second kappa shape index (κ2) is 10.3. The first-order chi connectivity index (χ1) is 12.5. The Morgan fingerprint density at radius 3 is 2.26 bits per heavy atom. The summed E-state index contributed by atoms with van der Waals surface area (Å²) in [6, 6.07) is 6.66.